The lowest BCUT2D eigenvalue weighted by Crippen LogP contribution is -1.92. The largest absolute Gasteiger partial charge is 0.496 e. The first-order valence-electron chi connectivity index (χ1n) is 5.96. The van der Waals surface area contributed by atoms with E-state index in [1.165, 1.54) is 25.0 Å². The van der Waals surface area contributed by atoms with E-state index in [1.54, 1.807) is 13.2 Å². The molecular weight excluding hydrogens is 230 g/mol. The van der Waals surface area contributed by atoms with E-state index in [4.69, 9.17) is 10.00 Å². The fourth-order valence-electron chi connectivity index (χ4n) is 1.60. The minimum Gasteiger partial charge on any atom is -0.496 e. The number of nitrogens with zero attached hydrogens (tertiary/aromatic N) is 1. The molecule has 0 N–H and O–H groups in total. The van der Waals surface area contributed by atoms with E-state index in [2.05, 4.69) is 13.0 Å². The van der Waals surface area contributed by atoms with Crippen molar-refractivity contribution in [2.24, 2.45) is 0 Å². The zero-order valence-electron chi connectivity index (χ0n) is 10.5. The SMILES string of the molecule is CCCCCSCc1cc(C#N)ccc1OC. The summed E-state index contributed by atoms with van der Waals surface area (Å²) in [5.74, 6) is 2.97. The molecule has 0 aliphatic rings. The second-order valence-corrected chi connectivity index (χ2v) is 5.00. The van der Waals surface area contributed by atoms with Gasteiger partial charge in [0.15, 0.2) is 0 Å². The van der Waals surface area contributed by atoms with Crippen LogP contribution < -0.4 is 4.74 Å². The second-order valence-electron chi connectivity index (χ2n) is 3.90. The molecule has 0 unspecified atom stereocenters. The first kappa shape index (κ1) is 13.9. The van der Waals surface area contributed by atoms with E-state index >= 15 is 0 Å². The van der Waals surface area contributed by atoms with Crippen molar-refractivity contribution in [2.75, 3.05) is 12.9 Å². The third-order valence-electron chi connectivity index (χ3n) is 2.56. The van der Waals surface area contributed by atoms with Crippen LogP contribution in [0.2, 0.25) is 0 Å². The van der Waals surface area contributed by atoms with Crippen LogP contribution >= 0.6 is 11.8 Å². The predicted molar refractivity (Wildman–Crippen MR) is 73.4 cm³/mol. The lowest BCUT2D eigenvalue weighted by molar-refractivity contribution is 0.411. The Morgan fingerprint density at radius 3 is 2.82 bits per heavy atom. The molecule has 0 bridgehead atoms. The van der Waals surface area contributed by atoms with Crippen LogP contribution in [0.15, 0.2) is 18.2 Å². The summed E-state index contributed by atoms with van der Waals surface area (Å²) in [5, 5.41) is 8.87. The second kappa shape index (κ2) is 8.03. The molecule has 0 aromatic heterocycles. The maximum absolute atomic E-state index is 8.87. The molecule has 0 saturated heterocycles. The quantitative estimate of drug-likeness (QED) is 0.685. The minimum atomic E-state index is 0.704. The average Bonchev–Trinajstić information content (AvgIpc) is 2.38. The monoisotopic (exact) mass is 249 g/mol. The number of ether oxygens (including phenoxy) is 1. The Morgan fingerprint density at radius 2 is 2.18 bits per heavy atom. The van der Waals surface area contributed by atoms with Crippen LogP contribution in [0.4, 0.5) is 0 Å². The lowest BCUT2D eigenvalue weighted by atomic mass is 10.1. The molecule has 0 spiro atoms. The van der Waals surface area contributed by atoms with Gasteiger partial charge in [-0.05, 0) is 30.4 Å². The maximum Gasteiger partial charge on any atom is 0.122 e. The standard InChI is InChI=1S/C14H19NOS/c1-3-4-5-8-17-11-13-9-12(10-15)6-7-14(13)16-2/h6-7,9H,3-5,8,11H2,1-2H3. The van der Waals surface area contributed by atoms with Crippen molar-refractivity contribution in [1.29, 1.82) is 5.26 Å². The van der Waals surface area contributed by atoms with Crippen molar-refractivity contribution >= 4 is 11.8 Å². The first-order valence-corrected chi connectivity index (χ1v) is 7.12. The molecule has 3 heteroatoms. The van der Waals surface area contributed by atoms with Crippen molar-refractivity contribution in [1.82, 2.24) is 0 Å². The Labute approximate surface area is 108 Å². The molecule has 92 valence electrons. The van der Waals surface area contributed by atoms with Crippen LogP contribution in [-0.4, -0.2) is 12.9 Å². The Morgan fingerprint density at radius 1 is 1.35 bits per heavy atom. The molecule has 0 fully saturated rings. The number of methoxy groups -OCH3 is 1. The number of rotatable bonds is 7. The van der Waals surface area contributed by atoms with E-state index in [-0.39, 0.29) is 0 Å². The molecule has 1 rings (SSSR count). The van der Waals surface area contributed by atoms with Crippen LogP contribution in [0, 0.1) is 11.3 Å². The summed E-state index contributed by atoms with van der Waals surface area (Å²) in [6.45, 7) is 2.21. The summed E-state index contributed by atoms with van der Waals surface area (Å²) in [7, 11) is 1.67. The molecule has 1 aromatic rings. The minimum absolute atomic E-state index is 0.704. The van der Waals surface area contributed by atoms with E-state index in [0.717, 1.165) is 17.1 Å². The Bertz CT molecular complexity index is 384. The molecule has 0 aliphatic heterocycles. The number of benzene rings is 1. The summed E-state index contributed by atoms with van der Waals surface area (Å²) in [5.41, 5.74) is 1.82. The normalized spacial score (nSPS) is 9.94. The topological polar surface area (TPSA) is 33.0 Å². The Hall–Kier alpha value is -1.14. The van der Waals surface area contributed by atoms with Gasteiger partial charge in [-0.1, -0.05) is 19.8 Å². The van der Waals surface area contributed by atoms with Gasteiger partial charge in [0.25, 0.3) is 0 Å². The van der Waals surface area contributed by atoms with E-state index < -0.39 is 0 Å². The van der Waals surface area contributed by atoms with Gasteiger partial charge in [0.2, 0.25) is 0 Å². The molecule has 2 nitrogen and oxygen atoms in total. The van der Waals surface area contributed by atoms with E-state index in [9.17, 15) is 0 Å². The number of thioether (sulfide) groups is 1. The molecule has 0 heterocycles. The lowest BCUT2D eigenvalue weighted by Gasteiger charge is -2.08. The third kappa shape index (κ3) is 4.70. The molecular formula is C14H19NOS. The summed E-state index contributed by atoms with van der Waals surface area (Å²) in [4.78, 5) is 0. The van der Waals surface area contributed by atoms with Gasteiger partial charge in [0.1, 0.15) is 5.75 Å². The highest BCUT2D eigenvalue weighted by molar-refractivity contribution is 7.98. The van der Waals surface area contributed by atoms with Crippen molar-refractivity contribution < 1.29 is 4.74 Å². The van der Waals surface area contributed by atoms with Gasteiger partial charge < -0.3 is 4.74 Å². The van der Waals surface area contributed by atoms with Crippen LogP contribution in [-0.2, 0) is 5.75 Å². The summed E-state index contributed by atoms with van der Waals surface area (Å²) >= 11 is 1.91. The molecule has 1 aromatic carbocycles. The predicted octanol–water partition coefficient (Wildman–Crippen LogP) is 3.99. The van der Waals surface area contributed by atoms with Crippen LogP contribution in [0.1, 0.15) is 37.3 Å². The number of hydrogen-bond acceptors (Lipinski definition) is 3. The molecule has 0 amide bonds. The highest BCUT2D eigenvalue weighted by Crippen LogP contribution is 2.24. The van der Waals surface area contributed by atoms with Crippen LogP contribution in [0.3, 0.4) is 0 Å². The first-order chi connectivity index (χ1) is 8.31. The van der Waals surface area contributed by atoms with Crippen molar-refractivity contribution in [3.05, 3.63) is 29.3 Å². The Kier molecular flexibility index (Phi) is 6.57. The van der Waals surface area contributed by atoms with Crippen LogP contribution in [0.5, 0.6) is 5.75 Å². The molecule has 0 radical (unpaired) electrons. The fourth-order valence-corrected chi connectivity index (χ4v) is 2.60. The molecule has 0 saturated carbocycles. The molecule has 17 heavy (non-hydrogen) atoms. The number of nitriles is 1. The smallest absolute Gasteiger partial charge is 0.122 e. The molecule has 0 atom stereocenters. The summed E-state index contributed by atoms with van der Waals surface area (Å²) in [6.07, 6.45) is 3.82. The van der Waals surface area contributed by atoms with Gasteiger partial charge >= 0.3 is 0 Å². The summed E-state index contributed by atoms with van der Waals surface area (Å²) < 4.78 is 5.30. The van der Waals surface area contributed by atoms with E-state index in [1.807, 2.05) is 23.9 Å². The van der Waals surface area contributed by atoms with Crippen molar-refractivity contribution in [3.63, 3.8) is 0 Å². The van der Waals surface area contributed by atoms with Gasteiger partial charge in [-0.25, -0.2) is 0 Å². The van der Waals surface area contributed by atoms with Crippen molar-refractivity contribution in [3.8, 4) is 11.8 Å². The van der Waals surface area contributed by atoms with Crippen LogP contribution in [0.25, 0.3) is 0 Å². The van der Waals surface area contributed by atoms with Gasteiger partial charge in [-0.2, -0.15) is 17.0 Å². The average molecular weight is 249 g/mol. The number of hydrogen-bond donors (Lipinski definition) is 0. The van der Waals surface area contributed by atoms with Gasteiger partial charge in [0.05, 0.1) is 18.7 Å². The zero-order valence-corrected chi connectivity index (χ0v) is 11.3. The Balaban J connectivity index is 2.53. The van der Waals surface area contributed by atoms with E-state index in [0.29, 0.717) is 5.56 Å². The third-order valence-corrected chi connectivity index (χ3v) is 3.65. The maximum atomic E-state index is 8.87. The highest BCUT2D eigenvalue weighted by Gasteiger charge is 2.04. The fraction of sp³-hybridized carbons (Fsp3) is 0.500. The van der Waals surface area contributed by atoms with Gasteiger partial charge in [-0.15, -0.1) is 0 Å². The zero-order chi connectivity index (χ0) is 12.5. The van der Waals surface area contributed by atoms with Gasteiger partial charge in [0, 0.05) is 11.3 Å². The number of unbranched alkanes of at least 4 members (excludes halogenated alkanes) is 2. The van der Waals surface area contributed by atoms with Crippen molar-refractivity contribution in [2.45, 2.75) is 31.9 Å². The summed E-state index contributed by atoms with van der Waals surface area (Å²) in [6, 6.07) is 7.76. The molecule has 0 aliphatic carbocycles. The van der Waals surface area contributed by atoms with Gasteiger partial charge in [-0.3, -0.25) is 0 Å². The highest BCUT2D eigenvalue weighted by atomic mass is 32.2.